The van der Waals surface area contributed by atoms with Crippen LogP contribution in [-0.2, 0) is 4.79 Å². The Labute approximate surface area is 104 Å². The Hall–Kier alpha value is -1.29. The van der Waals surface area contributed by atoms with E-state index >= 15 is 0 Å². The normalized spacial score (nSPS) is 9.50. The van der Waals surface area contributed by atoms with E-state index in [-0.39, 0.29) is 5.91 Å². The highest BCUT2D eigenvalue weighted by Crippen LogP contribution is 2.27. The molecule has 1 aromatic carbocycles. The van der Waals surface area contributed by atoms with Gasteiger partial charge in [-0.15, -0.1) is 0 Å². The van der Waals surface area contributed by atoms with E-state index in [0.717, 1.165) is 10.0 Å². The minimum absolute atomic E-state index is 0.144. The fourth-order valence-corrected chi connectivity index (χ4v) is 1.50. The molecule has 16 heavy (non-hydrogen) atoms. The number of amides is 1. The third-order valence-corrected chi connectivity index (χ3v) is 2.54. The first-order valence-corrected chi connectivity index (χ1v) is 5.61. The number of allylic oxidation sites excluding steroid dienone is 1. The molecule has 0 aliphatic heterocycles. The van der Waals surface area contributed by atoms with Gasteiger partial charge >= 0.3 is 0 Å². The second-order valence-corrected chi connectivity index (χ2v) is 4.41. The van der Waals surface area contributed by atoms with Crippen molar-refractivity contribution in [3.63, 3.8) is 0 Å². The molecule has 0 aromatic heterocycles. The molecule has 0 spiro atoms. The van der Waals surface area contributed by atoms with Gasteiger partial charge in [0.05, 0.1) is 12.8 Å². The van der Waals surface area contributed by atoms with Crippen LogP contribution in [0.5, 0.6) is 5.75 Å². The van der Waals surface area contributed by atoms with Crippen molar-refractivity contribution in [2.45, 2.75) is 13.8 Å². The fraction of sp³-hybridized carbons (Fsp3) is 0.250. The van der Waals surface area contributed by atoms with Crippen LogP contribution in [0, 0.1) is 0 Å². The first-order chi connectivity index (χ1) is 7.52. The molecule has 4 heteroatoms. The second kappa shape index (κ2) is 5.70. The van der Waals surface area contributed by atoms with Crippen LogP contribution >= 0.6 is 15.9 Å². The van der Waals surface area contributed by atoms with Gasteiger partial charge in [-0.2, -0.15) is 0 Å². The van der Waals surface area contributed by atoms with Crippen molar-refractivity contribution in [1.82, 2.24) is 0 Å². The first kappa shape index (κ1) is 12.8. The Morgan fingerprint density at radius 1 is 1.44 bits per heavy atom. The zero-order valence-electron chi connectivity index (χ0n) is 9.50. The Kier molecular flexibility index (Phi) is 4.55. The van der Waals surface area contributed by atoms with E-state index in [1.54, 1.807) is 19.3 Å². The summed E-state index contributed by atoms with van der Waals surface area (Å²) < 4.78 is 5.91. The maximum absolute atomic E-state index is 11.5. The summed E-state index contributed by atoms with van der Waals surface area (Å²) in [4.78, 5) is 11.5. The summed E-state index contributed by atoms with van der Waals surface area (Å²) in [6.07, 6.45) is 1.55. The quantitative estimate of drug-likeness (QED) is 0.864. The van der Waals surface area contributed by atoms with E-state index in [4.69, 9.17) is 4.74 Å². The number of carbonyl (C=O) groups is 1. The lowest BCUT2D eigenvalue weighted by Gasteiger charge is -2.07. The molecule has 0 aliphatic carbocycles. The number of benzene rings is 1. The molecule has 0 saturated heterocycles. The van der Waals surface area contributed by atoms with Gasteiger partial charge in [-0.1, -0.05) is 5.57 Å². The SMILES string of the molecule is COc1ccc(Br)c(NC(=O)C=C(C)C)c1. The molecule has 0 fully saturated rings. The standard InChI is InChI=1S/C12H14BrNO2/c1-8(2)6-12(15)14-11-7-9(16-3)4-5-10(11)13/h4-7H,1-3H3,(H,14,15). The monoisotopic (exact) mass is 283 g/mol. The topological polar surface area (TPSA) is 38.3 Å². The lowest BCUT2D eigenvalue weighted by molar-refractivity contribution is -0.111. The van der Waals surface area contributed by atoms with E-state index in [9.17, 15) is 4.79 Å². The average molecular weight is 284 g/mol. The molecule has 1 N–H and O–H groups in total. The number of rotatable bonds is 3. The van der Waals surface area contributed by atoms with Gasteiger partial charge in [0.1, 0.15) is 5.75 Å². The summed E-state index contributed by atoms with van der Waals surface area (Å²) in [5, 5.41) is 2.77. The Balaban J connectivity index is 2.88. The molecule has 3 nitrogen and oxygen atoms in total. The number of anilines is 1. The molecule has 86 valence electrons. The summed E-state index contributed by atoms with van der Waals surface area (Å²) >= 11 is 3.36. The van der Waals surface area contributed by atoms with E-state index in [0.29, 0.717) is 11.4 Å². The van der Waals surface area contributed by atoms with Crippen molar-refractivity contribution in [2.24, 2.45) is 0 Å². The molecule has 0 bridgehead atoms. The van der Waals surface area contributed by atoms with Gasteiger partial charge in [0.25, 0.3) is 0 Å². The van der Waals surface area contributed by atoms with E-state index < -0.39 is 0 Å². The molecular formula is C12H14BrNO2. The van der Waals surface area contributed by atoms with Gasteiger partial charge < -0.3 is 10.1 Å². The third kappa shape index (κ3) is 3.70. The zero-order chi connectivity index (χ0) is 12.1. The van der Waals surface area contributed by atoms with Crippen LogP contribution in [0.1, 0.15) is 13.8 Å². The van der Waals surface area contributed by atoms with Crippen molar-refractivity contribution < 1.29 is 9.53 Å². The summed E-state index contributed by atoms with van der Waals surface area (Å²) in [6, 6.07) is 5.42. The van der Waals surface area contributed by atoms with Crippen molar-refractivity contribution in [3.8, 4) is 5.75 Å². The zero-order valence-corrected chi connectivity index (χ0v) is 11.1. The van der Waals surface area contributed by atoms with Gasteiger partial charge in [-0.25, -0.2) is 0 Å². The third-order valence-electron chi connectivity index (χ3n) is 1.85. The molecule has 0 heterocycles. The fourth-order valence-electron chi connectivity index (χ4n) is 1.16. The van der Waals surface area contributed by atoms with E-state index in [1.165, 1.54) is 0 Å². The summed E-state index contributed by atoms with van der Waals surface area (Å²) in [5.74, 6) is 0.560. The molecule has 0 radical (unpaired) electrons. The van der Waals surface area contributed by atoms with Crippen LogP contribution < -0.4 is 10.1 Å². The summed E-state index contributed by atoms with van der Waals surface area (Å²) in [6.45, 7) is 3.75. The average Bonchev–Trinajstić information content (AvgIpc) is 2.20. The maximum atomic E-state index is 11.5. The van der Waals surface area contributed by atoms with Crippen LogP contribution in [-0.4, -0.2) is 13.0 Å². The van der Waals surface area contributed by atoms with Crippen molar-refractivity contribution >= 4 is 27.5 Å². The number of hydrogen-bond acceptors (Lipinski definition) is 2. The van der Waals surface area contributed by atoms with Crippen LogP contribution in [0.15, 0.2) is 34.3 Å². The van der Waals surface area contributed by atoms with Crippen LogP contribution in [0.4, 0.5) is 5.69 Å². The van der Waals surface area contributed by atoms with Crippen LogP contribution in [0.2, 0.25) is 0 Å². The summed E-state index contributed by atoms with van der Waals surface area (Å²) in [5.41, 5.74) is 1.65. The number of ether oxygens (including phenoxy) is 1. The minimum Gasteiger partial charge on any atom is -0.497 e. The van der Waals surface area contributed by atoms with E-state index in [2.05, 4.69) is 21.2 Å². The Morgan fingerprint density at radius 3 is 2.69 bits per heavy atom. The van der Waals surface area contributed by atoms with Crippen molar-refractivity contribution in [2.75, 3.05) is 12.4 Å². The molecule has 0 unspecified atom stereocenters. The number of carbonyl (C=O) groups excluding carboxylic acids is 1. The maximum Gasteiger partial charge on any atom is 0.248 e. The Bertz CT molecular complexity index is 423. The minimum atomic E-state index is -0.144. The van der Waals surface area contributed by atoms with Gasteiger partial charge in [-0.05, 0) is 41.9 Å². The van der Waals surface area contributed by atoms with E-state index in [1.807, 2.05) is 26.0 Å². The molecule has 1 aromatic rings. The van der Waals surface area contributed by atoms with Gasteiger partial charge in [0.15, 0.2) is 0 Å². The predicted octanol–water partition coefficient (Wildman–Crippen LogP) is 3.36. The number of methoxy groups -OCH3 is 1. The highest BCUT2D eigenvalue weighted by atomic mass is 79.9. The molecule has 1 rings (SSSR count). The molecule has 0 atom stereocenters. The van der Waals surface area contributed by atoms with Gasteiger partial charge in [0.2, 0.25) is 5.91 Å². The first-order valence-electron chi connectivity index (χ1n) is 4.82. The second-order valence-electron chi connectivity index (χ2n) is 3.56. The molecule has 0 saturated carbocycles. The predicted molar refractivity (Wildman–Crippen MR) is 68.8 cm³/mol. The molecule has 1 amide bonds. The van der Waals surface area contributed by atoms with Crippen LogP contribution in [0.3, 0.4) is 0 Å². The smallest absolute Gasteiger partial charge is 0.248 e. The highest BCUT2D eigenvalue weighted by molar-refractivity contribution is 9.10. The summed E-state index contributed by atoms with van der Waals surface area (Å²) in [7, 11) is 1.59. The van der Waals surface area contributed by atoms with Crippen LogP contribution in [0.25, 0.3) is 0 Å². The van der Waals surface area contributed by atoms with Gasteiger partial charge in [-0.3, -0.25) is 4.79 Å². The Morgan fingerprint density at radius 2 is 2.12 bits per heavy atom. The number of nitrogens with one attached hydrogen (secondary N) is 1. The number of halogens is 1. The lowest BCUT2D eigenvalue weighted by atomic mass is 10.2. The molecule has 0 aliphatic rings. The number of hydrogen-bond donors (Lipinski definition) is 1. The molecular weight excluding hydrogens is 270 g/mol. The van der Waals surface area contributed by atoms with Crippen molar-refractivity contribution in [1.29, 1.82) is 0 Å². The van der Waals surface area contributed by atoms with Crippen molar-refractivity contribution in [3.05, 3.63) is 34.3 Å². The lowest BCUT2D eigenvalue weighted by Crippen LogP contribution is -2.09. The highest BCUT2D eigenvalue weighted by Gasteiger charge is 2.04. The largest absolute Gasteiger partial charge is 0.497 e. The van der Waals surface area contributed by atoms with Gasteiger partial charge in [0, 0.05) is 16.6 Å².